The lowest BCUT2D eigenvalue weighted by atomic mass is 10.2. The van der Waals surface area contributed by atoms with E-state index in [-0.39, 0.29) is 6.73 Å². The Morgan fingerprint density at radius 1 is 1.67 bits per heavy atom. The van der Waals surface area contributed by atoms with E-state index in [1.165, 1.54) is 0 Å². The molecule has 1 fully saturated rings. The lowest BCUT2D eigenvalue weighted by Crippen LogP contribution is -2.38. The van der Waals surface area contributed by atoms with Crippen LogP contribution in [-0.2, 0) is 0 Å². The predicted octanol–water partition coefficient (Wildman–Crippen LogP) is -0.0765. The van der Waals surface area contributed by atoms with Crippen LogP contribution >= 0.6 is 0 Å². The first kappa shape index (κ1) is 6.99. The minimum Gasteiger partial charge on any atom is -0.380 e. The quantitative estimate of drug-likeness (QED) is 0.521. The Morgan fingerprint density at radius 3 is 2.56 bits per heavy atom. The van der Waals surface area contributed by atoms with Gasteiger partial charge in [0, 0.05) is 12.1 Å². The standard InChI is InChI=1S/C6H14N2O/c1-5-3-6(2)8(4-9)7-5/h5-7,9H,3-4H2,1-2H3. The number of nitrogens with one attached hydrogen (secondary N) is 1. The maximum Gasteiger partial charge on any atom is 0.109 e. The molecule has 0 aliphatic carbocycles. The summed E-state index contributed by atoms with van der Waals surface area (Å²) in [6.07, 6.45) is 1.13. The third-order valence-corrected chi connectivity index (χ3v) is 1.77. The summed E-state index contributed by atoms with van der Waals surface area (Å²) in [4.78, 5) is 0. The van der Waals surface area contributed by atoms with Crippen LogP contribution in [0, 0.1) is 0 Å². The Hall–Kier alpha value is -0.120. The highest BCUT2D eigenvalue weighted by molar-refractivity contribution is 4.76. The predicted molar refractivity (Wildman–Crippen MR) is 35.6 cm³/mol. The molecule has 0 amide bonds. The largest absolute Gasteiger partial charge is 0.380 e. The molecule has 3 nitrogen and oxygen atoms in total. The van der Waals surface area contributed by atoms with Crippen molar-refractivity contribution in [1.82, 2.24) is 10.4 Å². The molecule has 1 aliphatic rings. The molecule has 54 valence electrons. The van der Waals surface area contributed by atoms with Crippen molar-refractivity contribution in [3.63, 3.8) is 0 Å². The van der Waals surface area contributed by atoms with Gasteiger partial charge in [0.25, 0.3) is 0 Å². The maximum absolute atomic E-state index is 8.72. The van der Waals surface area contributed by atoms with Crippen molar-refractivity contribution in [2.45, 2.75) is 32.4 Å². The zero-order valence-electron chi connectivity index (χ0n) is 5.96. The molecule has 0 aromatic rings. The molecular formula is C6H14N2O. The smallest absolute Gasteiger partial charge is 0.109 e. The summed E-state index contributed by atoms with van der Waals surface area (Å²) >= 11 is 0. The number of aliphatic hydroxyl groups excluding tert-OH is 1. The number of hydrogen-bond acceptors (Lipinski definition) is 3. The van der Waals surface area contributed by atoms with Crippen LogP contribution in [0.5, 0.6) is 0 Å². The van der Waals surface area contributed by atoms with Crippen molar-refractivity contribution in [1.29, 1.82) is 0 Å². The summed E-state index contributed by atoms with van der Waals surface area (Å²) in [7, 11) is 0. The summed E-state index contributed by atoms with van der Waals surface area (Å²) in [5.74, 6) is 0. The van der Waals surface area contributed by atoms with E-state index < -0.39 is 0 Å². The molecule has 0 bridgehead atoms. The first-order valence-electron chi connectivity index (χ1n) is 3.37. The average molecular weight is 130 g/mol. The summed E-state index contributed by atoms with van der Waals surface area (Å²) in [5, 5.41) is 10.6. The highest BCUT2D eigenvalue weighted by atomic mass is 16.3. The van der Waals surface area contributed by atoms with Crippen LogP contribution in [-0.4, -0.2) is 28.9 Å². The van der Waals surface area contributed by atoms with Gasteiger partial charge in [0.1, 0.15) is 6.73 Å². The third-order valence-electron chi connectivity index (χ3n) is 1.77. The Balaban J connectivity index is 2.38. The number of hydrazine groups is 1. The van der Waals surface area contributed by atoms with Gasteiger partial charge in [-0.25, -0.2) is 5.01 Å². The SMILES string of the molecule is CC1CC(C)N(CO)N1. The fraction of sp³-hybridized carbons (Fsp3) is 1.00. The van der Waals surface area contributed by atoms with Crippen LogP contribution < -0.4 is 5.43 Å². The second-order valence-corrected chi connectivity index (χ2v) is 2.73. The van der Waals surface area contributed by atoms with Crippen molar-refractivity contribution in [2.24, 2.45) is 0 Å². The normalized spacial score (nSPS) is 37.7. The van der Waals surface area contributed by atoms with Crippen LogP contribution in [0.1, 0.15) is 20.3 Å². The lowest BCUT2D eigenvalue weighted by Gasteiger charge is -2.16. The van der Waals surface area contributed by atoms with Crippen molar-refractivity contribution < 1.29 is 5.11 Å². The molecule has 2 atom stereocenters. The van der Waals surface area contributed by atoms with Crippen LogP contribution in [0.25, 0.3) is 0 Å². The summed E-state index contributed by atoms with van der Waals surface area (Å²) < 4.78 is 0. The monoisotopic (exact) mass is 130 g/mol. The van der Waals surface area contributed by atoms with Gasteiger partial charge in [0.15, 0.2) is 0 Å². The van der Waals surface area contributed by atoms with Gasteiger partial charge in [0.05, 0.1) is 0 Å². The first-order valence-corrected chi connectivity index (χ1v) is 3.37. The average Bonchev–Trinajstić information content (AvgIpc) is 2.10. The Bertz CT molecular complexity index is 97.1. The Labute approximate surface area is 55.6 Å². The molecule has 0 saturated carbocycles. The van der Waals surface area contributed by atoms with Gasteiger partial charge in [0.2, 0.25) is 0 Å². The molecule has 0 aromatic heterocycles. The molecule has 2 N–H and O–H groups in total. The minimum atomic E-state index is 0.117. The molecule has 0 spiro atoms. The van der Waals surface area contributed by atoms with E-state index in [9.17, 15) is 0 Å². The molecule has 1 aliphatic heterocycles. The Kier molecular flexibility index (Phi) is 2.05. The first-order chi connectivity index (χ1) is 4.24. The van der Waals surface area contributed by atoms with E-state index in [4.69, 9.17) is 5.11 Å². The van der Waals surface area contributed by atoms with E-state index in [1.807, 2.05) is 5.01 Å². The van der Waals surface area contributed by atoms with E-state index in [0.29, 0.717) is 12.1 Å². The van der Waals surface area contributed by atoms with Crippen molar-refractivity contribution in [2.75, 3.05) is 6.73 Å². The van der Waals surface area contributed by atoms with Crippen LogP contribution in [0.2, 0.25) is 0 Å². The summed E-state index contributed by atoms with van der Waals surface area (Å²) in [6, 6.07) is 0.997. The molecular weight excluding hydrogens is 116 g/mol. The van der Waals surface area contributed by atoms with Crippen molar-refractivity contribution in [3.05, 3.63) is 0 Å². The van der Waals surface area contributed by atoms with Crippen molar-refractivity contribution >= 4 is 0 Å². The molecule has 1 heterocycles. The molecule has 1 rings (SSSR count). The van der Waals surface area contributed by atoms with Gasteiger partial charge in [-0.1, -0.05) is 0 Å². The number of rotatable bonds is 1. The molecule has 9 heavy (non-hydrogen) atoms. The minimum absolute atomic E-state index is 0.117. The Morgan fingerprint density at radius 2 is 2.33 bits per heavy atom. The second-order valence-electron chi connectivity index (χ2n) is 2.73. The number of aliphatic hydroxyl groups is 1. The van der Waals surface area contributed by atoms with Gasteiger partial charge in [-0.3, -0.25) is 5.43 Å². The molecule has 0 aromatic carbocycles. The fourth-order valence-electron chi connectivity index (χ4n) is 1.28. The fourth-order valence-corrected chi connectivity index (χ4v) is 1.28. The highest BCUT2D eigenvalue weighted by Crippen LogP contribution is 2.11. The van der Waals surface area contributed by atoms with Gasteiger partial charge in [-0.2, -0.15) is 0 Å². The molecule has 3 heteroatoms. The second kappa shape index (κ2) is 2.64. The van der Waals surface area contributed by atoms with Gasteiger partial charge in [-0.05, 0) is 20.3 Å². The van der Waals surface area contributed by atoms with Crippen LogP contribution in [0.4, 0.5) is 0 Å². The lowest BCUT2D eigenvalue weighted by molar-refractivity contribution is 0.0589. The van der Waals surface area contributed by atoms with Gasteiger partial charge < -0.3 is 5.11 Å². The van der Waals surface area contributed by atoms with E-state index in [0.717, 1.165) is 6.42 Å². The van der Waals surface area contributed by atoms with Crippen LogP contribution in [0.15, 0.2) is 0 Å². The van der Waals surface area contributed by atoms with E-state index >= 15 is 0 Å². The van der Waals surface area contributed by atoms with Gasteiger partial charge in [-0.15, -0.1) is 0 Å². The number of hydrogen-bond donors (Lipinski definition) is 2. The maximum atomic E-state index is 8.72. The topological polar surface area (TPSA) is 35.5 Å². The molecule has 0 radical (unpaired) electrons. The molecule has 2 unspecified atom stereocenters. The van der Waals surface area contributed by atoms with Gasteiger partial charge >= 0.3 is 0 Å². The zero-order valence-corrected chi connectivity index (χ0v) is 5.96. The summed E-state index contributed by atoms with van der Waals surface area (Å²) in [5.41, 5.74) is 3.14. The third kappa shape index (κ3) is 1.41. The van der Waals surface area contributed by atoms with E-state index in [1.54, 1.807) is 0 Å². The molecule has 1 saturated heterocycles. The van der Waals surface area contributed by atoms with Crippen LogP contribution in [0.3, 0.4) is 0 Å². The van der Waals surface area contributed by atoms with Crippen molar-refractivity contribution in [3.8, 4) is 0 Å². The highest BCUT2D eigenvalue weighted by Gasteiger charge is 2.23. The number of nitrogens with zero attached hydrogens (tertiary/aromatic N) is 1. The summed E-state index contributed by atoms with van der Waals surface area (Å²) in [6.45, 7) is 4.34. The zero-order chi connectivity index (χ0) is 6.85. The van der Waals surface area contributed by atoms with E-state index in [2.05, 4.69) is 19.3 Å².